The summed E-state index contributed by atoms with van der Waals surface area (Å²) in [4.78, 5) is 12.6. The van der Waals surface area contributed by atoms with Crippen molar-refractivity contribution in [1.29, 1.82) is 0 Å². The summed E-state index contributed by atoms with van der Waals surface area (Å²) in [5, 5.41) is 0. The van der Waals surface area contributed by atoms with Crippen LogP contribution in [0.25, 0.3) is 0 Å². The van der Waals surface area contributed by atoms with Crippen LogP contribution in [0.2, 0.25) is 0 Å². The smallest absolute Gasteiger partial charge is 0.460 e. The Bertz CT molecular complexity index is 886. The number of benzene rings is 1. The first-order valence-electron chi connectivity index (χ1n) is 8.54. The van der Waals surface area contributed by atoms with Crippen molar-refractivity contribution in [2.24, 2.45) is 5.41 Å². The Kier molecular flexibility index (Phi) is 6.27. The molecule has 2 rings (SSSR count). The van der Waals surface area contributed by atoms with Crippen LogP contribution in [0.4, 0.5) is 13.2 Å². The van der Waals surface area contributed by atoms with Gasteiger partial charge in [0.25, 0.3) is 0 Å². The normalized spacial score (nSPS) is 20.4. The van der Waals surface area contributed by atoms with E-state index >= 15 is 0 Å². The van der Waals surface area contributed by atoms with Gasteiger partial charge in [-0.05, 0) is 45.3 Å². The quantitative estimate of drug-likeness (QED) is 0.392. The van der Waals surface area contributed by atoms with Crippen molar-refractivity contribution in [3.63, 3.8) is 0 Å². The Balaban J connectivity index is 2.48. The lowest BCUT2D eigenvalue weighted by Gasteiger charge is -2.35. The maximum absolute atomic E-state index is 12.8. The van der Waals surface area contributed by atoms with Crippen molar-refractivity contribution < 1.29 is 35.3 Å². The topological polar surface area (TPSA) is 69.7 Å². The van der Waals surface area contributed by atoms with E-state index in [-0.39, 0.29) is 18.4 Å². The number of rotatable bonds is 6. The largest absolute Gasteiger partial charge is 0.534 e. The minimum atomic E-state index is -5.88. The molecule has 1 unspecified atom stereocenters. The zero-order chi connectivity index (χ0) is 21.2. The lowest BCUT2D eigenvalue weighted by molar-refractivity contribution is -0.144. The molecule has 1 aromatic carbocycles. The summed E-state index contributed by atoms with van der Waals surface area (Å²) >= 11 is 0. The first-order valence-corrected chi connectivity index (χ1v) is 9.94. The second-order valence-corrected chi connectivity index (χ2v) is 8.39. The first kappa shape index (κ1) is 22.0. The SMILES string of the molecule is CC(C)OC(=O)C1=CCC=C(OS(=O)(=O)C(F)(F)F)C1(C)Cc1ccccc1. The van der Waals surface area contributed by atoms with Gasteiger partial charge in [-0.1, -0.05) is 36.4 Å². The van der Waals surface area contributed by atoms with E-state index in [4.69, 9.17) is 4.74 Å². The van der Waals surface area contributed by atoms with Gasteiger partial charge >= 0.3 is 21.6 Å². The van der Waals surface area contributed by atoms with Crippen molar-refractivity contribution in [1.82, 2.24) is 0 Å². The minimum Gasteiger partial charge on any atom is -0.460 e. The molecule has 9 heteroatoms. The molecule has 0 amide bonds. The van der Waals surface area contributed by atoms with E-state index in [1.165, 1.54) is 19.1 Å². The standard InChI is InChI=1S/C19H21F3O5S/c1-13(2)26-17(23)15-10-7-11-16(27-28(24,25)19(20,21)22)18(15,3)12-14-8-5-4-6-9-14/h4-6,8-11,13H,7,12H2,1-3H3. The molecule has 5 nitrogen and oxygen atoms in total. The second-order valence-electron chi connectivity index (χ2n) is 6.85. The van der Waals surface area contributed by atoms with Crippen molar-refractivity contribution in [2.45, 2.75) is 45.2 Å². The Hall–Kier alpha value is -2.29. The lowest BCUT2D eigenvalue weighted by Crippen LogP contribution is -2.36. The fourth-order valence-electron chi connectivity index (χ4n) is 2.93. The zero-order valence-corrected chi connectivity index (χ0v) is 16.4. The Labute approximate surface area is 162 Å². The van der Waals surface area contributed by atoms with Gasteiger partial charge in [-0.3, -0.25) is 0 Å². The van der Waals surface area contributed by atoms with Gasteiger partial charge < -0.3 is 8.92 Å². The molecule has 0 spiro atoms. The summed E-state index contributed by atoms with van der Waals surface area (Å²) in [6, 6.07) is 8.67. The lowest BCUT2D eigenvalue weighted by atomic mass is 9.72. The second kappa shape index (κ2) is 7.98. The van der Waals surface area contributed by atoms with Gasteiger partial charge in [0.05, 0.1) is 11.5 Å². The van der Waals surface area contributed by atoms with E-state index < -0.39 is 38.9 Å². The van der Waals surface area contributed by atoms with Crippen LogP contribution >= 0.6 is 0 Å². The van der Waals surface area contributed by atoms with Crippen LogP contribution in [0.15, 0.2) is 53.8 Å². The third kappa shape index (κ3) is 4.76. The highest BCUT2D eigenvalue weighted by molar-refractivity contribution is 7.87. The highest BCUT2D eigenvalue weighted by atomic mass is 32.2. The Morgan fingerprint density at radius 1 is 1.18 bits per heavy atom. The van der Waals surface area contributed by atoms with Gasteiger partial charge in [0, 0.05) is 5.57 Å². The summed E-state index contributed by atoms with van der Waals surface area (Å²) in [5.74, 6) is -1.18. The predicted octanol–water partition coefficient (Wildman–Crippen LogP) is 4.27. The molecule has 0 aromatic heterocycles. The fraction of sp³-hybridized carbons (Fsp3) is 0.421. The molecule has 0 radical (unpaired) electrons. The Morgan fingerprint density at radius 3 is 2.32 bits per heavy atom. The van der Waals surface area contributed by atoms with Crippen molar-refractivity contribution in [3.8, 4) is 0 Å². The van der Waals surface area contributed by atoms with E-state index in [1.807, 2.05) is 0 Å². The first-order chi connectivity index (χ1) is 12.9. The number of hydrogen-bond acceptors (Lipinski definition) is 5. The molecular weight excluding hydrogens is 397 g/mol. The van der Waals surface area contributed by atoms with Crippen LogP contribution < -0.4 is 0 Å². The van der Waals surface area contributed by atoms with Crippen LogP contribution in [-0.2, 0) is 30.3 Å². The molecular formula is C19H21F3O5S. The molecule has 0 saturated heterocycles. The number of ether oxygens (including phenoxy) is 1. The highest BCUT2D eigenvalue weighted by Crippen LogP contribution is 2.45. The van der Waals surface area contributed by atoms with E-state index in [0.717, 1.165) is 0 Å². The summed E-state index contributed by atoms with van der Waals surface area (Å²) < 4.78 is 71.4. The van der Waals surface area contributed by atoms with Crippen molar-refractivity contribution in [2.75, 3.05) is 0 Å². The summed E-state index contributed by atoms with van der Waals surface area (Å²) in [7, 11) is -5.88. The Morgan fingerprint density at radius 2 is 1.79 bits per heavy atom. The number of alkyl halides is 3. The molecule has 0 heterocycles. The van der Waals surface area contributed by atoms with Crippen LogP contribution in [0.1, 0.15) is 32.8 Å². The van der Waals surface area contributed by atoms with Crippen LogP contribution in [0, 0.1) is 5.41 Å². The summed E-state index contributed by atoms with van der Waals surface area (Å²) in [5.41, 5.74) is -6.29. The number of halogens is 3. The van der Waals surface area contributed by atoms with Crippen molar-refractivity contribution >= 4 is 16.1 Å². The third-order valence-electron chi connectivity index (χ3n) is 4.21. The molecule has 1 aromatic rings. The van der Waals surface area contributed by atoms with E-state index in [1.54, 1.807) is 44.2 Å². The number of allylic oxidation sites excluding steroid dienone is 3. The molecule has 1 aliphatic rings. The molecule has 0 N–H and O–H groups in total. The third-order valence-corrected chi connectivity index (χ3v) is 5.18. The molecule has 28 heavy (non-hydrogen) atoms. The number of hydrogen-bond donors (Lipinski definition) is 0. The van der Waals surface area contributed by atoms with Gasteiger partial charge in [-0.25, -0.2) is 4.79 Å². The zero-order valence-electron chi connectivity index (χ0n) is 15.6. The van der Waals surface area contributed by atoms with Crippen molar-refractivity contribution in [3.05, 3.63) is 59.4 Å². The van der Waals surface area contributed by atoms with Crippen LogP contribution in [-0.4, -0.2) is 26.0 Å². The van der Waals surface area contributed by atoms with Gasteiger partial charge in [0.2, 0.25) is 0 Å². The predicted molar refractivity (Wildman–Crippen MR) is 96.3 cm³/mol. The number of carbonyl (C=O) groups excluding carboxylic acids is 1. The van der Waals surface area contributed by atoms with Gasteiger partial charge in [0.15, 0.2) is 0 Å². The molecule has 154 valence electrons. The average Bonchev–Trinajstić information content (AvgIpc) is 2.55. The summed E-state index contributed by atoms with van der Waals surface area (Å²) in [6.07, 6.45) is 2.38. The molecule has 1 atom stereocenters. The molecule has 0 fully saturated rings. The number of carbonyl (C=O) groups is 1. The summed E-state index contributed by atoms with van der Waals surface area (Å²) in [6.45, 7) is 4.73. The monoisotopic (exact) mass is 418 g/mol. The molecule has 0 aliphatic heterocycles. The maximum Gasteiger partial charge on any atom is 0.534 e. The van der Waals surface area contributed by atoms with E-state index in [0.29, 0.717) is 5.56 Å². The molecule has 1 aliphatic carbocycles. The minimum absolute atomic E-state index is 0.0373. The van der Waals surface area contributed by atoms with Gasteiger partial charge in [-0.2, -0.15) is 21.6 Å². The van der Waals surface area contributed by atoms with E-state index in [9.17, 15) is 26.4 Å². The number of esters is 1. The fourth-order valence-corrected chi connectivity index (χ4v) is 3.51. The van der Waals surface area contributed by atoms with Crippen LogP contribution in [0.5, 0.6) is 0 Å². The van der Waals surface area contributed by atoms with Gasteiger partial charge in [-0.15, -0.1) is 0 Å². The van der Waals surface area contributed by atoms with Gasteiger partial charge in [0.1, 0.15) is 5.76 Å². The molecule has 0 bridgehead atoms. The highest BCUT2D eigenvalue weighted by Gasteiger charge is 2.52. The molecule has 0 saturated carbocycles. The average molecular weight is 418 g/mol. The van der Waals surface area contributed by atoms with Crippen LogP contribution in [0.3, 0.4) is 0 Å². The maximum atomic E-state index is 12.8. The van der Waals surface area contributed by atoms with E-state index in [2.05, 4.69) is 4.18 Å².